The lowest BCUT2D eigenvalue weighted by molar-refractivity contribution is -0.384. The fourth-order valence-corrected chi connectivity index (χ4v) is 3.06. The first kappa shape index (κ1) is 21.9. The molecule has 0 bridgehead atoms. The number of ether oxygens (including phenoxy) is 2. The molecule has 0 atom stereocenters. The quantitative estimate of drug-likeness (QED) is 0.299. The number of non-ortho nitro benzene ring substituents is 1. The van der Waals surface area contributed by atoms with E-state index >= 15 is 0 Å². The predicted octanol–water partition coefficient (Wildman–Crippen LogP) is 2.81. The molecule has 1 fully saturated rings. The van der Waals surface area contributed by atoms with E-state index in [9.17, 15) is 10.1 Å². The molecular weight excluding hydrogens is 428 g/mol. The van der Waals surface area contributed by atoms with E-state index in [1.165, 1.54) is 12.1 Å². The molecule has 1 aromatic heterocycles. The number of methoxy groups -OCH3 is 1. The van der Waals surface area contributed by atoms with Crippen LogP contribution < -0.4 is 20.4 Å². The van der Waals surface area contributed by atoms with Crippen molar-refractivity contribution in [2.45, 2.75) is 0 Å². The molecule has 3 aromatic rings. The van der Waals surface area contributed by atoms with E-state index in [4.69, 9.17) is 9.47 Å². The third-order valence-corrected chi connectivity index (χ3v) is 4.72. The Balaban J connectivity index is 1.56. The van der Waals surface area contributed by atoms with E-state index in [1.54, 1.807) is 25.5 Å². The zero-order valence-electron chi connectivity index (χ0n) is 17.8. The molecule has 33 heavy (non-hydrogen) atoms. The molecule has 1 aliphatic rings. The van der Waals surface area contributed by atoms with Crippen molar-refractivity contribution in [1.82, 2.24) is 15.0 Å². The molecule has 2 heterocycles. The summed E-state index contributed by atoms with van der Waals surface area (Å²) in [5, 5.41) is 18.3. The van der Waals surface area contributed by atoms with Gasteiger partial charge in [0.1, 0.15) is 5.75 Å². The first-order valence-corrected chi connectivity index (χ1v) is 10.1. The molecule has 0 unspecified atom stereocenters. The Hall–Kier alpha value is -4.32. The summed E-state index contributed by atoms with van der Waals surface area (Å²) in [5.74, 6) is 1.66. The van der Waals surface area contributed by atoms with Gasteiger partial charge in [-0.1, -0.05) is 6.07 Å². The summed E-state index contributed by atoms with van der Waals surface area (Å²) in [5.41, 5.74) is 4.13. The lowest BCUT2D eigenvalue weighted by Crippen LogP contribution is -2.37. The number of nitro benzene ring substituents is 1. The molecule has 1 aliphatic heterocycles. The Morgan fingerprint density at radius 2 is 1.88 bits per heavy atom. The van der Waals surface area contributed by atoms with Crippen molar-refractivity contribution >= 4 is 35.4 Å². The summed E-state index contributed by atoms with van der Waals surface area (Å²) in [4.78, 5) is 25.9. The van der Waals surface area contributed by atoms with Crippen molar-refractivity contribution in [2.75, 3.05) is 49.1 Å². The van der Waals surface area contributed by atoms with Crippen molar-refractivity contribution in [3.8, 4) is 5.75 Å². The number of aromatic nitrogens is 3. The number of nitrogens with one attached hydrogen (secondary N) is 2. The number of nitro groups is 1. The summed E-state index contributed by atoms with van der Waals surface area (Å²) < 4.78 is 10.6. The lowest BCUT2D eigenvalue weighted by atomic mass is 10.2. The van der Waals surface area contributed by atoms with E-state index in [2.05, 4.69) is 30.8 Å². The second-order valence-electron chi connectivity index (χ2n) is 6.96. The number of hydrazone groups is 1. The van der Waals surface area contributed by atoms with Crippen LogP contribution in [0.4, 0.5) is 29.2 Å². The van der Waals surface area contributed by atoms with Gasteiger partial charge in [-0.05, 0) is 35.9 Å². The van der Waals surface area contributed by atoms with Gasteiger partial charge in [-0.2, -0.15) is 20.1 Å². The summed E-state index contributed by atoms with van der Waals surface area (Å²) >= 11 is 0. The minimum atomic E-state index is -0.460. The highest BCUT2D eigenvalue weighted by atomic mass is 16.6. The van der Waals surface area contributed by atoms with Crippen LogP contribution in [0.1, 0.15) is 5.56 Å². The third-order valence-electron chi connectivity index (χ3n) is 4.72. The van der Waals surface area contributed by atoms with Gasteiger partial charge in [-0.15, -0.1) is 0 Å². The average molecular weight is 450 g/mol. The van der Waals surface area contributed by atoms with Crippen LogP contribution in [-0.4, -0.2) is 59.5 Å². The van der Waals surface area contributed by atoms with E-state index in [0.717, 1.165) is 11.3 Å². The smallest absolute Gasteiger partial charge is 0.271 e. The van der Waals surface area contributed by atoms with Crippen LogP contribution >= 0.6 is 0 Å². The molecule has 170 valence electrons. The second kappa shape index (κ2) is 10.3. The lowest BCUT2D eigenvalue weighted by Gasteiger charge is -2.27. The number of hydrogen-bond donors (Lipinski definition) is 2. The molecule has 0 amide bonds. The third kappa shape index (κ3) is 5.89. The van der Waals surface area contributed by atoms with Crippen LogP contribution in [0.5, 0.6) is 5.75 Å². The highest BCUT2D eigenvalue weighted by Crippen LogP contribution is 2.22. The van der Waals surface area contributed by atoms with Gasteiger partial charge < -0.3 is 19.7 Å². The van der Waals surface area contributed by atoms with Crippen LogP contribution in [0.3, 0.4) is 0 Å². The molecule has 0 saturated carbocycles. The topological polar surface area (TPSA) is 140 Å². The van der Waals surface area contributed by atoms with Crippen LogP contribution in [0, 0.1) is 10.1 Å². The summed E-state index contributed by atoms with van der Waals surface area (Å²) in [6.07, 6.45) is 1.63. The number of anilines is 4. The van der Waals surface area contributed by atoms with Gasteiger partial charge in [0.25, 0.3) is 5.69 Å². The zero-order chi connectivity index (χ0) is 23.0. The molecule has 2 N–H and O–H groups in total. The van der Waals surface area contributed by atoms with Crippen LogP contribution in [0.15, 0.2) is 53.6 Å². The Labute approximate surface area is 189 Å². The van der Waals surface area contributed by atoms with E-state index in [0.29, 0.717) is 37.9 Å². The average Bonchev–Trinajstić information content (AvgIpc) is 2.85. The molecule has 2 aromatic carbocycles. The van der Waals surface area contributed by atoms with E-state index in [-0.39, 0.29) is 17.6 Å². The number of morpholine rings is 1. The summed E-state index contributed by atoms with van der Waals surface area (Å²) in [7, 11) is 1.61. The van der Waals surface area contributed by atoms with E-state index < -0.39 is 4.92 Å². The first-order valence-electron chi connectivity index (χ1n) is 10.1. The Morgan fingerprint density at radius 3 is 2.61 bits per heavy atom. The van der Waals surface area contributed by atoms with Gasteiger partial charge >= 0.3 is 0 Å². The molecular formula is C21H22N8O4. The largest absolute Gasteiger partial charge is 0.497 e. The van der Waals surface area contributed by atoms with Gasteiger partial charge in [0.05, 0.1) is 31.5 Å². The monoisotopic (exact) mass is 450 g/mol. The Kier molecular flexibility index (Phi) is 6.85. The second-order valence-corrected chi connectivity index (χ2v) is 6.96. The predicted molar refractivity (Wildman–Crippen MR) is 123 cm³/mol. The number of benzene rings is 2. The summed E-state index contributed by atoms with van der Waals surface area (Å²) in [6, 6.07) is 13.5. The first-order chi connectivity index (χ1) is 16.1. The molecule has 1 saturated heterocycles. The zero-order valence-corrected chi connectivity index (χ0v) is 17.8. The fourth-order valence-electron chi connectivity index (χ4n) is 3.06. The maximum atomic E-state index is 11.1. The van der Waals surface area contributed by atoms with Crippen LogP contribution in [0.25, 0.3) is 0 Å². The van der Waals surface area contributed by atoms with Crippen molar-refractivity contribution in [2.24, 2.45) is 5.10 Å². The van der Waals surface area contributed by atoms with Crippen LogP contribution in [-0.2, 0) is 4.74 Å². The number of hydrogen-bond acceptors (Lipinski definition) is 11. The number of rotatable bonds is 8. The van der Waals surface area contributed by atoms with Gasteiger partial charge in [0.15, 0.2) is 0 Å². The van der Waals surface area contributed by atoms with Crippen molar-refractivity contribution in [3.63, 3.8) is 0 Å². The fraction of sp³-hybridized carbons (Fsp3) is 0.238. The minimum Gasteiger partial charge on any atom is -0.497 e. The maximum absolute atomic E-state index is 11.1. The molecule has 4 rings (SSSR count). The molecule has 12 nitrogen and oxygen atoms in total. The normalized spacial score (nSPS) is 13.7. The van der Waals surface area contributed by atoms with Crippen molar-refractivity contribution in [3.05, 3.63) is 64.2 Å². The summed E-state index contributed by atoms with van der Waals surface area (Å²) in [6.45, 7) is 2.40. The molecule has 0 radical (unpaired) electrons. The standard InChI is InChI=1S/C21H22N8O4/c1-32-18-7-5-15(6-8-18)14-22-27-20-24-19(23-16-3-2-4-17(13-16)29(30)31)25-21(26-20)28-9-11-33-12-10-28/h2-8,13-14H,9-12H2,1H3,(H2,23,24,25,26,27)/b22-14-. The van der Waals surface area contributed by atoms with Gasteiger partial charge in [0.2, 0.25) is 17.8 Å². The van der Waals surface area contributed by atoms with Gasteiger partial charge in [-0.3, -0.25) is 10.1 Å². The molecule has 12 heteroatoms. The SMILES string of the molecule is COc1ccc(/C=N\Nc2nc(Nc3cccc([N+](=O)[O-])c3)nc(N3CCOCC3)n2)cc1. The van der Waals surface area contributed by atoms with Crippen molar-refractivity contribution < 1.29 is 14.4 Å². The van der Waals surface area contributed by atoms with Gasteiger partial charge in [-0.25, -0.2) is 5.43 Å². The van der Waals surface area contributed by atoms with Crippen LogP contribution in [0.2, 0.25) is 0 Å². The number of nitrogens with zero attached hydrogens (tertiary/aromatic N) is 6. The minimum absolute atomic E-state index is 0.0371. The Bertz CT molecular complexity index is 1130. The molecule has 0 spiro atoms. The van der Waals surface area contributed by atoms with Crippen molar-refractivity contribution in [1.29, 1.82) is 0 Å². The highest BCUT2D eigenvalue weighted by molar-refractivity contribution is 5.80. The molecule has 0 aliphatic carbocycles. The van der Waals surface area contributed by atoms with E-state index in [1.807, 2.05) is 29.2 Å². The maximum Gasteiger partial charge on any atom is 0.271 e. The highest BCUT2D eigenvalue weighted by Gasteiger charge is 2.17. The van der Waals surface area contributed by atoms with Gasteiger partial charge in [0, 0.05) is 30.9 Å². The Morgan fingerprint density at radius 1 is 1.12 bits per heavy atom.